The fourth-order valence-electron chi connectivity index (χ4n) is 2.37. The van der Waals surface area contributed by atoms with E-state index in [0.29, 0.717) is 17.1 Å². The van der Waals surface area contributed by atoms with Crippen LogP contribution in [0, 0.1) is 0 Å². The number of methoxy groups -OCH3 is 2. The molecule has 0 bridgehead atoms. The molecule has 0 aliphatic heterocycles. The van der Waals surface area contributed by atoms with E-state index in [1.807, 2.05) is 0 Å². The minimum absolute atomic E-state index is 0.00355. The van der Waals surface area contributed by atoms with E-state index in [4.69, 9.17) is 18.7 Å². The number of halogens is 3. The van der Waals surface area contributed by atoms with Crippen LogP contribution in [0.5, 0.6) is 17.2 Å². The van der Waals surface area contributed by atoms with Gasteiger partial charge in [0.2, 0.25) is 5.82 Å². The van der Waals surface area contributed by atoms with Gasteiger partial charge in [-0.1, -0.05) is 5.16 Å². The molecule has 0 fully saturated rings. The van der Waals surface area contributed by atoms with E-state index >= 15 is 0 Å². The van der Waals surface area contributed by atoms with Crippen molar-refractivity contribution in [3.63, 3.8) is 0 Å². The molecule has 3 rings (SSSR count). The Morgan fingerprint density at radius 1 is 1.00 bits per heavy atom. The van der Waals surface area contributed by atoms with Gasteiger partial charge in [0.1, 0.15) is 17.2 Å². The van der Waals surface area contributed by atoms with Crippen LogP contribution in [0.25, 0.3) is 11.4 Å². The largest absolute Gasteiger partial charge is 0.573 e. The second kappa shape index (κ2) is 8.72. The van der Waals surface area contributed by atoms with Gasteiger partial charge >= 0.3 is 12.3 Å². The zero-order valence-electron chi connectivity index (χ0n) is 15.7. The fraction of sp³-hybridized carbons (Fsp3) is 0.211. The lowest BCUT2D eigenvalue weighted by Crippen LogP contribution is -2.16. The molecule has 0 aliphatic rings. The van der Waals surface area contributed by atoms with Gasteiger partial charge in [-0.05, 0) is 36.4 Å². The van der Waals surface area contributed by atoms with Gasteiger partial charge in [0.15, 0.2) is 6.61 Å². The standard InChI is InChI=1S/C19H15F3N2O6/c1-26-14-7-12(8-15(9-14)27-2)18(25)28-10-16-23-17(24-30-16)11-3-5-13(6-4-11)29-19(20,21)22/h3-9H,10H2,1-2H3. The molecule has 0 N–H and O–H groups in total. The highest BCUT2D eigenvalue weighted by Gasteiger charge is 2.31. The number of nitrogens with zero attached hydrogens (tertiary/aromatic N) is 2. The van der Waals surface area contributed by atoms with Crippen LogP contribution in [0.1, 0.15) is 16.2 Å². The van der Waals surface area contributed by atoms with Crippen LogP contribution in [-0.2, 0) is 11.3 Å². The zero-order chi connectivity index (χ0) is 21.7. The van der Waals surface area contributed by atoms with Gasteiger partial charge < -0.3 is 23.5 Å². The predicted molar refractivity (Wildman–Crippen MR) is 95.1 cm³/mol. The summed E-state index contributed by atoms with van der Waals surface area (Å²) in [6, 6.07) is 9.48. The second-order valence-corrected chi connectivity index (χ2v) is 5.76. The highest BCUT2D eigenvalue weighted by atomic mass is 19.4. The van der Waals surface area contributed by atoms with Crippen molar-refractivity contribution in [2.45, 2.75) is 13.0 Å². The van der Waals surface area contributed by atoms with Crippen LogP contribution < -0.4 is 14.2 Å². The first-order chi connectivity index (χ1) is 14.3. The van der Waals surface area contributed by atoms with E-state index in [-0.39, 0.29) is 29.6 Å². The van der Waals surface area contributed by atoms with Gasteiger partial charge in [0.25, 0.3) is 5.89 Å². The Bertz CT molecular complexity index is 996. The van der Waals surface area contributed by atoms with Crippen LogP contribution in [0.15, 0.2) is 47.0 Å². The van der Waals surface area contributed by atoms with E-state index in [2.05, 4.69) is 14.9 Å². The molecule has 11 heteroatoms. The summed E-state index contributed by atoms with van der Waals surface area (Å²) in [5.41, 5.74) is 0.592. The van der Waals surface area contributed by atoms with Crippen molar-refractivity contribution in [1.82, 2.24) is 10.1 Å². The number of hydrogen-bond acceptors (Lipinski definition) is 8. The summed E-state index contributed by atoms with van der Waals surface area (Å²) in [6.45, 7) is -0.305. The van der Waals surface area contributed by atoms with E-state index < -0.39 is 12.3 Å². The number of esters is 1. The number of carbonyl (C=O) groups is 1. The van der Waals surface area contributed by atoms with Crippen molar-refractivity contribution in [1.29, 1.82) is 0 Å². The summed E-state index contributed by atoms with van der Waals surface area (Å²) in [5.74, 6) is -0.0941. The quantitative estimate of drug-likeness (QED) is 0.526. The van der Waals surface area contributed by atoms with Crippen LogP contribution in [0.2, 0.25) is 0 Å². The SMILES string of the molecule is COc1cc(OC)cc(C(=O)OCc2nc(-c3ccc(OC(F)(F)F)cc3)no2)c1. The molecule has 0 radical (unpaired) electrons. The fourth-order valence-corrected chi connectivity index (χ4v) is 2.37. The lowest BCUT2D eigenvalue weighted by Gasteiger charge is -2.08. The van der Waals surface area contributed by atoms with Crippen molar-refractivity contribution < 1.29 is 41.4 Å². The number of rotatable bonds is 7. The maximum atomic E-state index is 12.3. The third-order valence-corrected chi connectivity index (χ3v) is 3.73. The molecule has 0 spiro atoms. The number of carbonyl (C=O) groups excluding carboxylic acids is 1. The Hall–Kier alpha value is -3.76. The Balaban J connectivity index is 1.64. The molecule has 0 atom stereocenters. The minimum Gasteiger partial charge on any atom is -0.497 e. The number of ether oxygens (including phenoxy) is 4. The molecule has 1 aromatic heterocycles. The molecule has 0 aliphatic carbocycles. The molecule has 0 saturated heterocycles. The third-order valence-electron chi connectivity index (χ3n) is 3.73. The highest BCUT2D eigenvalue weighted by Crippen LogP contribution is 2.26. The van der Waals surface area contributed by atoms with Gasteiger partial charge in [-0.3, -0.25) is 0 Å². The maximum Gasteiger partial charge on any atom is 0.573 e. The van der Waals surface area contributed by atoms with Gasteiger partial charge in [0.05, 0.1) is 19.8 Å². The Morgan fingerprint density at radius 2 is 1.63 bits per heavy atom. The maximum absolute atomic E-state index is 12.3. The highest BCUT2D eigenvalue weighted by molar-refractivity contribution is 5.90. The Morgan fingerprint density at radius 3 is 2.20 bits per heavy atom. The molecule has 8 nitrogen and oxygen atoms in total. The molecule has 0 amide bonds. The smallest absolute Gasteiger partial charge is 0.497 e. The number of aromatic nitrogens is 2. The molecule has 158 valence electrons. The first-order valence-corrected chi connectivity index (χ1v) is 8.36. The summed E-state index contributed by atoms with van der Waals surface area (Å²) in [5, 5.41) is 3.72. The Labute approximate surface area is 168 Å². The molecular weight excluding hydrogens is 409 g/mol. The topological polar surface area (TPSA) is 92.9 Å². The first-order valence-electron chi connectivity index (χ1n) is 8.36. The molecule has 3 aromatic rings. The van der Waals surface area contributed by atoms with Crippen LogP contribution in [-0.4, -0.2) is 36.7 Å². The number of hydrogen-bond donors (Lipinski definition) is 0. The van der Waals surface area contributed by atoms with Crippen molar-refractivity contribution in [3.8, 4) is 28.6 Å². The normalized spacial score (nSPS) is 11.1. The van der Waals surface area contributed by atoms with Gasteiger partial charge in [-0.15, -0.1) is 13.2 Å². The van der Waals surface area contributed by atoms with Crippen molar-refractivity contribution >= 4 is 5.97 Å². The lowest BCUT2D eigenvalue weighted by atomic mass is 10.2. The van der Waals surface area contributed by atoms with Crippen molar-refractivity contribution in [3.05, 3.63) is 53.9 Å². The minimum atomic E-state index is -4.78. The summed E-state index contributed by atoms with van der Waals surface area (Å²) in [6.07, 6.45) is -4.78. The average Bonchev–Trinajstić information content (AvgIpc) is 3.20. The van der Waals surface area contributed by atoms with Crippen LogP contribution in [0.3, 0.4) is 0 Å². The van der Waals surface area contributed by atoms with Crippen LogP contribution >= 0.6 is 0 Å². The van der Waals surface area contributed by atoms with Gasteiger partial charge in [-0.25, -0.2) is 4.79 Å². The lowest BCUT2D eigenvalue weighted by molar-refractivity contribution is -0.274. The molecule has 1 heterocycles. The summed E-state index contributed by atoms with van der Waals surface area (Å²) < 4.78 is 60.8. The second-order valence-electron chi connectivity index (χ2n) is 5.76. The van der Waals surface area contributed by atoms with Gasteiger partial charge in [0, 0.05) is 11.6 Å². The van der Waals surface area contributed by atoms with Gasteiger partial charge in [-0.2, -0.15) is 4.98 Å². The van der Waals surface area contributed by atoms with Crippen molar-refractivity contribution in [2.75, 3.05) is 14.2 Å². The predicted octanol–water partition coefficient (Wildman–Crippen LogP) is 4.01. The molecular formula is C19H15F3N2O6. The summed E-state index contributed by atoms with van der Waals surface area (Å²) >= 11 is 0. The number of alkyl halides is 3. The Kier molecular flexibility index (Phi) is 6.09. The first kappa shape index (κ1) is 21.0. The molecule has 0 saturated carbocycles. The van der Waals surface area contributed by atoms with E-state index in [0.717, 1.165) is 12.1 Å². The average molecular weight is 424 g/mol. The monoisotopic (exact) mass is 424 g/mol. The number of benzene rings is 2. The van der Waals surface area contributed by atoms with E-state index in [9.17, 15) is 18.0 Å². The van der Waals surface area contributed by atoms with E-state index in [1.165, 1.54) is 38.5 Å². The third kappa shape index (κ3) is 5.40. The summed E-state index contributed by atoms with van der Waals surface area (Å²) in [4.78, 5) is 16.3. The van der Waals surface area contributed by atoms with E-state index in [1.54, 1.807) is 6.07 Å². The molecule has 30 heavy (non-hydrogen) atoms. The zero-order valence-corrected chi connectivity index (χ0v) is 15.7. The molecule has 0 unspecified atom stereocenters. The summed E-state index contributed by atoms with van der Waals surface area (Å²) in [7, 11) is 2.90. The van der Waals surface area contributed by atoms with Crippen LogP contribution in [0.4, 0.5) is 13.2 Å². The van der Waals surface area contributed by atoms with Crippen molar-refractivity contribution in [2.24, 2.45) is 0 Å². The molecule has 2 aromatic carbocycles.